The van der Waals surface area contributed by atoms with Crippen LogP contribution in [0.4, 0.5) is 4.79 Å². The van der Waals surface area contributed by atoms with E-state index in [0.717, 1.165) is 28.5 Å². The number of benzene rings is 2. The van der Waals surface area contributed by atoms with Gasteiger partial charge in [-0.2, -0.15) is 0 Å². The topological polar surface area (TPSA) is 122 Å². The number of carboxylic acids is 1. The van der Waals surface area contributed by atoms with Crippen molar-refractivity contribution in [2.75, 3.05) is 19.4 Å². The van der Waals surface area contributed by atoms with E-state index < -0.39 is 28.1 Å². The third-order valence-corrected chi connectivity index (χ3v) is 5.95. The Morgan fingerprint density at radius 3 is 2.16 bits per heavy atom. The Morgan fingerprint density at radius 2 is 1.61 bits per heavy atom. The third-order valence-electron chi connectivity index (χ3n) is 5.22. The molecule has 0 radical (unpaired) electrons. The van der Waals surface area contributed by atoms with Crippen LogP contribution >= 0.6 is 0 Å². The molecule has 1 amide bonds. The number of fused-ring (bicyclic) bond motifs is 3. The number of carbonyl (C=O) groups excluding carboxylic acids is 1. The second kappa shape index (κ2) is 9.93. The van der Waals surface area contributed by atoms with Crippen molar-refractivity contribution < 1.29 is 27.9 Å². The second-order valence-electron chi connectivity index (χ2n) is 7.52. The van der Waals surface area contributed by atoms with Crippen molar-refractivity contribution in [3.63, 3.8) is 0 Å². The molecule has 2 aromatic rings. The molecule has 0 aromatic heterocycles. The summed E-state index contributed by atoms with van der Waals surface area (Å²) in [5.74, 6) is -1.27. The van der Waals surface area contributed by atoms with Crippen LogP contribution < -0.4 is 10.0 Å². The van der Waals surface area contributed by atoms with E-state index >= 15 is 0 Å². The number of ether oxygens (including phenoxy) is 1. The molecule has 0 saturated carbocycles. The molecule has 2 aromatic carbocycles. The van der Waals surface area contributed by atoms with E-state index in [9.17, 15) is 23.1 Å². The van der Waals surface area contributed by atoms with Gasteiger partial charge in [0, 0.05) is 12.5 Å². The largest absolute Gasteiger partial charge is 0.480 e. The zero-order valence-corrected chi connectivity index (χ0v) is 18.0. The van der Waals surface area contributed by atoms with Crippen LogP contribution in [0.3, 0.4) is 0 Å². The Morgan fingerprint density at radius 1 is 1.03 bits per heavy atom. The summed E-state index contributed by atoms with van der Waals surface area (Å²) in [6.45, 7) is 0.320. The minimum Gasteiger partial charge on any atom is -0.480 e. The predicted octanol–water partition coefficient (Wildman–Crippen LogP) is 2.70. The number of amides is 1. The van der Waals surface area contributed by atoms with Crippen LogP contribution in [0.25, 0.3) is 11.1 Å². The zero-order chi connectivity index (χ0) is 22.4. The van der Waals surface area contributed by atoms with Gasteiger partial charge in [0.15, 0.2) is 0 Å². The van der Waals surface area contributed by atoms with Crippen LogP contribution in [-0.2, 0) is 19.6 Å². The Balaban J connectivity index is 1.53. The van der Waals surface area contributed by atoms with Crippen molar-refractivity contribution >= 4 is 22.1 Å². The minimum atomic E-state index is -3.27. The number of nitrogens with one attached hydrogen (secondary N) is 2. The number of alkyl carbamates (subject to hydrolysis) is 1. The molecule has 9 heteroatoms. The van der Waals surface area contributed by atoms with Gasteiger partial charge in [-0.1, -0.05) is 48.5 Å². The van der Waals surface area contributed by atoms with E-state index in [-0.39, 0.29) is 25.5 Å². The first-order valence-corrected chi connectivity index (χ1v) is 11.9. The fourth-order valence-electron chi connectivity index (χ4n) is 3.77. The Hall–Kier alpha value is -2.91. The van der Waals surface area contributed by atoms with E-state index in [0.29, 0.717) is 12.8 Å². The second-order valence-corrected chi connectivity index (χ2v) is 9.36. The van der Waals surface area contributed by atoms with Crippen LogP contribution in [0, 0.1) is 0 Å². The van der Waals surface area contributed by atoms with Crippen molar-refractivity contribution in [3.05, 3.63) is 59.7 Å². The zero-order valence-electron chi connectivity index (χ0n) is 17.2. The minimum absolute atomic E-state index is 0.102. The van der Waals surface area contributed by atoms with E-state index in [1.54, 1.807) is 0 Å². The van der Waals surface area contributed by atoms with Crippen LogP contribution in [0.2, 0.25) is 0 Å². The van der Waals surface area contributed by atoms with Crippen molar-refractivity contribution in [2.45, 2.75) is 31.2 Å². The van der Waals surface area contributed by atoms with Crippen LogP contribution in [0.15, 0.2) is 48.5 Å². The molecule has 0 unspecified atom stereocenters. The highest BCUT2D eigenvalue weighted by molar-refractivity contribution is 7.88. The van der Waals surface area contributed by atoms with E-state index in [4.69, 9.17) is 4.74 Å². The summed E-state index contributed by atoms with van der Waals surface area (Å²) in [5, 5.41) is 11.8. The van der Waals surface area contributed by atoms with Gasteiger partial charge in [0.2, 0.25) is 10.0 Å². The lowest BCUT2D eigenvalue weighted by Crippen LogP contribution is -2.41. The molecule has 1 aliphatic rings. The first-order valence-electron chi connectivity index (χ1n) is 10.0. The predicted molar refractivity (Wildman–Crippen MR) is 116 cm³/mol. The van der Waals surface area contributed by atoms with Crippen LogP contribution in [0.5, 0.6) is 0 Å². The normalized spacial score (nSPS) is 13.8. The molecule has 0 fully saturated rings. The summed E-state index contributed by atoms with van der Waals surface area (Å²) in [6.07, 6.45) is 1.34. The van der Waals surface area contributed by atoms with Gasteiger partial charge in [-0.15, -0.1) is 0 Å². The molecule has 3 rings (SSSR count). The molecule has 3 N–H and O–H groups in total. The summed E-state index contributed by atoms with van der Waals surface area (Å²) >= 11 is 0. The number of aliphatic carboxylic acids is 1. The van der Waals surface area contributed by atoms with Crippen molar-refractivity contribution in [1.29, 1.82) is 0 Å². The fraction of sp³-hybridized carbons (Fsp3) is 0.364. The summed E-state index contributed by atoms with van der Waals surface area (Å²) in [6, 6.07) is 14.8. The van der Waals surface area contributed by atoms with E-state index in [1.807, 2.05) is 48.5 Å². The van der Waals surface area contributed by atoms with Crippen molar-refractivity contribution in [3.8, 4) is 11.1 Å². The summed E-state index contributed by atoms with van der Waals surface area (Å²) in [7, 11) is -3.27. The SMILES string of the molecule is CS(=O)(=O)NCCCC[C@H](NC(=O)OCC1c2ccccc2-c2ccccc21)C(=O)O. The fourth-order valence-corrected chi connectivity index (χ4v) is 4.29. The number of hydrogen-bond donors (Lipinski definition) is 3. The molecule has 0 bridgehead atoms. The number of sulfonamides is 1. The van der Waals surface area contributed by atoms with E-state index in [1.165, 1.54) is 0 Å². The van der Waals surface area contributed by atoms with Crippen LogP contribution in [-0.4, -0.2) is 51.0 Å². The highest BCUT2D eigenvalue weighted by Crippen LogP contribution is 2.44. The summed E-state index contributed by atoms with van der Waals surface area (Å²) < 4.78 is 29.8. The van der Waals surface area contributed by atoms with Crippen LogP contribution in [0.1, 0.15) is 36.3 Å². The first-order chi connectivity index (χ1) is 14.8. The van der Waals surface area contributed by atoms with Gasteiger partial charge < -0.3 is 15.2 Å². The number of unbranched alkanes of at least 4 members (excludes halogenated alkanes) is 1. The molecule has 1 atom stereocenters. The molecule has 1 aliphatic carbocycles. The maximum atomic E-state index is 12.3. The van der Waals surface area contributed by atoms with Gasteiger partial charge in [0.25, 0.3) is 0 Å². The van der Waals surface area contributed by atoms with Gasteiger partial charge in [-0.05, 0) is 41.5 Å². The summed E-state index contributed by atoms with van der Waals surface area (Å²) in [5.41, 5.74) is 4.37. The monoisotopic (exact) mass is 446 g/mol. The molecule has 0 spiro atoms. The number of carbonyl (C=O) groups is 2. The third kappa shape index (κ3) is 6.05. The first kappa shape index (κ1) is 22.8. The van der Waals surface area contributed by atoms with Gasteiger partial charge in [0.05, 0.1) is 6.26 Å². The average Bonchev–Trinajstić information content (AvgIpc) is 3.04. The van der Waals surface area contributed by atoms with Gasteiger partial charge in [0.1, 0.15) is 12.6 Å². The molecule has 0 heterocycles. The number of hydrogen-bond acceptors (Lipinski definition) is 5. The van der Waals surface area contributed by atoms with Crippen molar-refractivity contribution in [1.82, 2.24) is 10.0 Å². The van der Waals surface area contributed by atoms with Gasteiger partial charge in [-0.3, -0.25) is 0 Å². The smallest absolute Gasteiger partial charge is 0.407 e. The van der Waals surface area contributed by atoms with Gasteiger partial charge >= 0.3 is 12.1 Å². The Bertz CT molecular complexity index is 1010. The maximum Gasteiger partial charge on any atom is 0.407 e. The average molecular weight is 447 g/mol. The summed E-state index contributed by atoms with van der Waals surface area (Å²) in [4.78, 5) is 23.7. The molecule has 166 valence electrons. The lowest BCUT2D eigenvalue weighted by Gasteiger charge is -2.17. The molecule has 0 aliphatic heterocycles. The van der Waals surface area contributed by atoms with E-state index in [2.05, 4.69) is 10.0 Å². The standard InChI is InChI=1S/C22H26N2O6S/c1-31(28,29)23-13-7-6-12-20(21(25)26)24-22(27)30-14-19-17-10-4-2-8-15(17)16-9-3-5-11-18(16)19/h2-5,8-11,19-20,23H,6-7,12-14H2,1H3,(H,24,27)(H,25,26)/t20-/m0/s1. The molecule has 31 heavy (non-hydrogen) atoms. The molecule has 0 saturated heterocycles. The number of carboxylic acid groups (broad SMARTS) is 1. The quantitative estimate of drug-likeness (QED) is 0.483. The molecular weight excluding hydrogens is 420 g/mol. The molecule has 8 nitrogen and oxygen atoms in total. The Kier molecular flexibility index (Phi) is 7.29. The maximum absolute atomic E-state index is 12.3. The molecular formula is C22H26N2O6S. The number of rotatable bonds is 10. The highest BCUT2D eigenvalue weighted by Gasteiger charge is 2.29. The van der Waals surface area contributed by atoms with Gasteiger partial charge in [-0.25, -0.2) is 22.7 Å². The lowest BCUT2D eigenvalue weighted by molar-refractivity contribution is -0.139. The Labute approximate surface area is 181 Å². The van der Waals surface area contributed by atoms with Crippen molar-refractivity contribution in [2.24, 2.45) is 0 Å². The highest BCUT2D eigenvalue weighted by atomic mass is 32.2. The lowest BCUT2D eigenvalue weighted by atomic mass is 9.98.